The first-order valence-corrected chi connectivity index (χ1v) is 7.84. The number of benzene rings is 1. The van der Waals surface area contributed by atoms with Crippen molar-refractivity contribution in [2.75, 3.05) is 13.1 Å². The van der Waals surface area contributed by atoms with Crippen LogP contribution in [0.5, 0.6) is 0 Å². The summed E-state index contributed by atoms with van der Waals surface area (Å²) in [6.45, 7) is 1.35. The highest BCUT2D eigenvalue weighted by atomic mass is 16.4. The van der Waals surface area contributed by atoms with Crippen molar-refractivity contribution in [2.24, 2.45) is 11.7 Å². The standard InChI is InChI=1S/C17H22N2O4/c18-15(20)11-13-7-9-19(10-8-13)16(21)6-3-12-1-4-14(5-2-12)17(22)23/h1-2,4-5,13H,3,6-11H2,(H2,18,20)(H,22,23). The number of aromatic carboxylic acids is 1. The third-order valence-electron chi connectivity index (χ3n) is 4.29. The summed E-state index contributed by atoms with van der Waals surface area (Å²) in [6.07, 6.45) is 3.05. The van der Waals surface area contributed by atoms with Gasteiger partial charge in [-0.05, 0) is 42.9 Å². The minimum absolute atomic E-state index is 0.102. The van der Waals surface area contributed by atoms with Gasteiger partial charge in [0.05, 0.1) is 5.56 Å². The van der Waals surface area contributed by atoms with Gasteiger partial charge < -0.3 is 15.7 Å². The van der Waals surface area contributed by atoms with E-state index in [9.17, 15) is 14.4 Å². The molecule has 1 aliphatic rings. The molecule has 3 N–H and O–H groups in total. The van der Waals surface area contributed by atoms with E-state index in [0.717, 1.165) is 18.4 Å². The maximum absolute atomic E-state index is 12.2. The third-order valence-corrected chi connectivity index (χ3v) is 4.29. The fraction of sp³-hybridized carbons (Fsp3) is 0.471. The monoisotopic (exact) mass is 318 g/mol. The SMILES string of the molecule is NC(=O)CC1CCN(C(=O)CCc2ccc(C(=O)O)cc2)CC1. The Bertz CT molecular complexity index is 575. The number of hydrogen-bond donors (Lipinski definition) is 2. The van der Waals surface area contributed by atoms with Crippen LogP contribution in [0.1, 0.15) is 41.6 Å². The second-order valence-electron chi connectivity index (χ2n) is 6.00. The predicted octanol–water partition coefficient (Wildman–Crippen LogP) is 1.43. The number of carboxylic acid groups (broad SMARTS) is 1. The second kappa shape index (κ2) is 7.76. The average molecular weight is 318 g/mol. The normalized spacial score (nSPS) is 15.4. The van der Waals surface area contributed by atoms with Crippen molar-refractivity contribution in [2.45, 2.75) is 32.1 Å². The number of carboxylic acids is 1. The van der Waals surface area contributed by atoms with Gasteiger partial charge in [-0.25, -0.2) is 4.79 Å². The highest BCUT2D eigenvalue weighted by Gasteiger charge is 2.23. The molecule has 1 aliphatic heterocycles. The predicted molar refractivity (Wildman–Crippen MR) is 84.8 cm³/mol. The fourth-order valence-corrected chi connectivity index (χ4v) is 2.89. The molecule has 2 amide bonds. The molecule has 6 heteroatoms. The largest absolute Gasteiger partial charge is 0.478 e. The fourth-order valence-electron chi connectivity index (χ4n) is 2.89. The smallest absolute Gasteiger partial charge is 0.335 e. The van der Waals surface area contributed by atoms with Crippen LogP contribution in [0.25, 0.3) is 0 Å². The number of amides is 2. The van der Waals surface area contributed by atoms with Crippen LogP contribution in [0, 0.1) is 5.92 Å². The molecule has 0 bridgehead atoms. The average Bonchev–Trinajstić information content (AvgIpc) is 2.53. The lowest BCUT2D eigenvalue weighted by Gasteiger charge is -2.31. The first-order chi connectivity index (χ1) is 11.0. The van der Waals surface area contributed by atoms with Gasteiger partial charge >= 0.3 is 5.97 Å². The first kappa shape index (κ1) is 17.0. The molecule has 124 valence electrons. The minimum Gasteiger partial charge on any atom is -0.478 e. The summed E-state index contributed by atoms with van der Waals surface area (Å²) >= 11 is 0. The van der Waals surface area contributed by atoms with E-state index < -0.39 is 5.97 Å². The summed E-state index contributed by atoms with van der Waals surface area (Å²) in [6, 6.07) is 6.60. The number of carbonyl (C=O) groups is 3. The van der Waals surface area contributed by atoms with Crippen LogP contribution in [-0.2, 0) is 16.0 Å². The van der Waals surface area contributed by atoms with Gasteiger partial charge in [0, 0.05) is 25.9 Å². The number of nitrogens with two attached hydrogens (primary N) is 1. The molecule has 2 rings (SSSR count). The van der Waals surface area contributed by atoms with Crippen molar-refractivity contribution in [3.63, 3.8) is 0 Å². The first-order valence-electron chi connectivity index (χ1n) is 7.84. The zero-order valence-electron chi connectivity index (χ0n) is 13.0. The molecule has 0 aliphatic carbocycles. The van der Waals surface area contributed by atoms with Crippen LogP contribution < -0.4 is 5.73 Å². The highest BCUT2D eigenvalue weighted by Crippen LogP contribution is 2.21. The quantitative estimate of drug-likeness (QED) is 0.828. The van der Waals surface area contributed by atoms with E-state index in [1.54, 1.807) is 24.3 Å². The minimum atomic E-state index is -0.952. The maximum atomic E-state index is 12.2. The van der Waals surface area contributed by atoms with Gasteiger partial charge in [-0.3, -0.25) is 9.59 Å². The lowest BCUT2D eigenvalue weighted by Crippen LogP contribution is -2.39. The summed E-state index contributed by atoms with van der Waals surface area (Å²) < 4.78 is 0. The molecular weight excluding hydrogens is 296 g/mol. The molecule has 0 aromatic heterocycles. The van der Waals surface area contributed by atoms with E-state index in [1.165, 1.54) is 0 Å². The molecule has 0 atom stereocenters. The lowest BCUT2D eigenvalue weighted by molar-refractivity contribution is -0.132. The zero-order chi connectivity index (χ0) is 16.8. The van der Waals surface area contributed by atoms with E-state index >= 15 is 0 Å². The van der Waals surface area contributed by atoms with Crippen LogP contribution in [0.3, 0.4) is 0 Å². The second-order valence-corrected chi connectivity index (χ2v) is 6.00. The number of aryl methyl sites for hydroxylation is 1. The zero-order valence-corrected chi connectivity index (χ0v) is 13.0. The van der Waals surface area contributed by atoms with E-state index in [-0.39, 0.29) is 17.4 Å². The number of rotatable bonds is 6. The van der Waals surface area contributed by atoms with Gasteiger partial charge in [0.25, 0.3) is 0 Å². The van der Waals surface area contributed by atoms with E-state index in [1.807, 2.05) is 4.90 Å². The molecule has 0 radical (unpaired) electrons. The Labute approximate surface area is 135 Å². The number of hydrogen-bond acceptors (Lipinski definition) is 3. The molecule has 1 heterocycles. The van der Waals surface area contributed by atoms with Gasteiger partial charge in [-0.15, -0.1) is 0 Å². The number of piperidine rings is 1. The number of likely N-dealkylation sites (tertiary alicyclic amines) is 1. The van der Waals surface area contributed by atoms with Gasteiger partial charge in [0.1, 0.15) is 0 Å². The van der Waals surface area contributed by atoms with Crippen molar-refractivity contribution in [3.05, 3.63) is 35.4 Å². The molecular formula is C17H22N2O4. The Kier molecular flexibility index (Phi) is 5.73. The van der Waals surface area contributed by atoms with Crippen molar-refractivity contribution in [1.82, 2.24) is 4.90 Å². The molecule has 1 aromatic carbocycles. The van der Waals surface area contributed by atoms with Crippen molar-refractivity contribution in [1.29, 1.82) is 0 Å². The topological polar surface area (TPSA) is 101 Å². The summed E-state index contributed by atoms with van der Waals surface area (Å²) in [4.78, 5) is 35.8. The summed E-state index contributed by atoms with van der Waals surface area (Å²) in [5.74, 6) is -0.837. The van der Waals surface area contributed by atoms with Crippen LogP contribution in [-0.4, -0.2) is 40.9 Å². The number of primary amides is 1. The van der Waals surface area contributed by atoms with Gasteiger partial charge in [-0.2, -0.15) is 0 Å². The Morgan fingerprint density at radius 2 is 1.74 bits per heavy atom. The lowest BCUT2D eigenvalue weighted by atomic mass is 9.93. The molecule has 1 saturated heterocycles. The third kappa shape index (κ3) is 5.09. The van der Waals surface area contributed by atoms with Crippen LogP contribution in [0.4, 0.5) is 0 Å². The summed E-state index contributed by atoms with van der Waals surface area (Å²) in [5, 5.41) is 8.85. The number of carbonyl (C=O) groups excluding carboxylic acids is 2. The maximum Gasteiger partial charge on any atom is 0.335 e. The molecule has 6 nitrogen and oxygen atoms in total. The van der Waals surface area contributed by atoms with E-state index in [4.69, 9.17) is 10.8 Å². The molecule has 1 fully saturated rings. The Hall–Kier alpha value is -2.37. The van der Waals surface area contributed by atoms with E-state index in [0.29, 0.717) is 38.3 Å². The molecule has 0 spiro atoms. The Morgan fingerprint density at radius 1 is 1.13 bits per heavy atom. The van der Waals surface area contributed by atoms with Crippen LogP contribution >= 0.6 is 0 Å². The van der Waals surface area contributed by atoms with Crippen LogP contribution in [0.2, 0.25) is 0 Å². The Morgan fingerprint density at radius 3 is 2.26 bits per heavy atom. The van der Waals surface area contributed by atoms with Gasteiger partial charge in [0.2, 0.25) is 11.8 Å². The van der Waals surface area contributed by atoms with Crippen molar-refractivity contribution in [3.8, 4) is 0 Å². The molecule has 23 heavy (non-hydrogen) atoms. The number of nitrogens with zero attached hydrogens (tertiary/aromatic N) is 1. The molecule has 1 aromatic rings. The Balaban J connectivity index is 1.77. The van der Waals surface area contributed by atoms with Gasteiger partial charge in [-0.1, -0.05) is 12.1 Å². The molecule has 0 saturated carbocycles. The van der Waals surface area contributed by atoms with Crippen molar-refractivity contribution >= 4 is 17.8 Å². The van der Waals surface area contributed by atoms with Crippen LogP contribution in [0.15, 0.2) is 24.3 Å². The summed E-state index contributed by atoms with van der Waals surface area (Å²) in [7, 11) is 0. The highest BCUT2D eigenvalue weighted by molar-refractivity contribution is 5.87. The van der Waals surface area contributed by atoms with Crippen molar-refractivity contribution < 1.29 is 19.5 Å². The molecule has 0 unspecified atom stereocenters. The summed E-state index contributed by atoms with van der Waals surface area (Å²) in [5.41, 5.74) is 6.40. The van der Waals surface area contributed by atoms with E-state index in [2.05, 4.69) is 0 Å². The van der Waals surface area contributed by atoms with Gasteiger partial charge in [0.15, 0.2) is 0 Å².